The standard InChI is InChI=1S/C12H22N2S/c1-4-10(8(2)3)14-12-13-7-11(15-12)9-5-6-9/h8-11H,4-7H2,1-3H3,(H,13,14). The van der Waals surface area contributed by atoms with Crippen LogP contribution >= 0.6 is 11.8 Å². The molecule has 1 aliphatic carbocycles. The SMILES string of the molecule is CCC(NC1=NCC(C2CC2)S1)C(C)C. The number of amidine groups is 1. The van der Waals surface area contributed by atoms with Crippen LogP contribution in [0.1, 0.15) is 40.0 Å². The van der Waals surface area contributed by atoms with E-state index in [9.17, 15) is 0 Å². The van der Waals surface area contributed by atoms with Crippen molar-refractivity contribution in [2.45, 2.75) is 51.3 Å². The number of rotatable bonds is 4. The Morgan fingerprint density at radius 1 is 1.47 bits per heavy atom. The number of thioether (sulfide) groups is 1. The molecule has 86 valence electrons. The Morgan fingerprint density at radius 2 is 2.20 bits per heavy atom. The van der Waals surface area contributed by atoms with Crippen molar-refractivity contribution in [3.63, 3.8) is 0 Å². The molecule has 2 atom stereocenters. The maximum Gasteiger partial charge on any atom is 0.157 e. The third kappa shape index (κ3) is 2.90. The second-order valence-electron chi connectivity index (χ2n) is 5.04. The van der Waals surface area contributed by atoms with Crippen molar-refractivity contribution in [2.24, 2.45) is 16.8 Å². The van der Waals surface area contributed by atoms with Crippen molar-refractivity contribution >= 4 is 16.9 Å². The largest absolute Gasteiger partial charge is 0.362 e. The first-order chi connectivity index (χ1) is 7.20. The molecule has 15 heavy (non-hydrogen) atoms. The van der Waals surface area contributed by atoms with Gasteiger partial charge in [0.05, 0.1) is 6.54 Å². The molecule has 2 nitrogen and oxygen atoms in total. The van der Waals surface area contributed by atoms with Gasteiger partial charge in [0.2, 0.25) is 0 Å². The maximum absolute atomic E-state index is 4.62. The van der Waals surface area contributed by atoms with Gasteiger partial charge in [0.15, 0.2) is 5.17 Å². The van der Waals surface area contributed by atoms with Crippen molar-refractivity contribution in [1.29, 1.82) is 0 Å². The normalized spacial score (nSPS) is 28.0. The van der Waals surface area contributed by atoms with Crippen molar-refractivity contribution < 1.29 is 0 Å². The lowest BCUT2D eigenvalue weighted by molar-refractivity contribution is 0.444. The van der Waals surface area contributed by atoms with E-state index in [2.05, 4.69) is 31.1 Å². The first-order valence-electron chi connectivity index (χ1n) is 6.18. The zero-order valence-corrected chi connectivity index (χ0v) is 10.8. The molecular weight excluding hydrogens is 204 g/mol. The van der Waals surface area contributed by atoms with E-state index in [1.54, 1.807) is 0 Å². The fourth-order valence-corrected chi connectivity index (χ4v) is 3.35. The summed E-state index contributed by atoms with van der Waals surface area (Å²) in [6.45, 7) is 7.85. The van der Waals surface area contributed by atoms with Gasteiger partial charge in [-0.05, 0) is 31.1 Å². The second-order valence-corrected chi connectivity index (χ2v) is 6.27. The molecule has 1 heterocycles. The Morgan fingerprint density at radius 3 is 2.73 bits per heavy atom. The average molecular weight is 226 g/mol. The lowest BCUT2D eigenvalue weighted by atomic mass is 10.0. The zero-order valence-electron chi connectivity index (χ0n) is 9.99. The number of hydrogen-bond donors (Lipinski definition) is 1. The van der Waals surface area contributed by atoms with Crippen LogP contribution in [0.25, 0.3) is 0 Å². The predicted octanol–water partition coefficient (Wildman–Crippen LogP) is 2.89. The number of hydrogen-bond acceptors (Lipinski definition) is 3. The highest BCUT2D eigenvalue weighted by Crippen LogP contribution is 2.41. The molecule has 0 aromatic rings. The molecule has 0 saturated heterocycles. The third-order valence-corrected chi connectivity index (χ3v) is 4.69. The van der Waals surface area contributed by atoms with Gasteiger partial charge >= 0.3 is 0 Å². The lowest BCUT2D eigenvalue weighted by Gasteiger charge is -2.21. The summed E-state index contributed by atoms with van der Waals surface area (Å²) in [5.41, 5.74) is 0. The number of aliphatic imine (C=N–C) groups is 1. The highest BCUT2D eigenvalue weighted by molar-refractivity contribution is 8.14. The van der Waals surface area contributed by atoms with Gasteiger partial charge in [-0.25, -0.2) is 0 Å². The summed E-state index contributed by atoms with van der Waals surface area (Å²) in [6.07, 6.45) is 4.05. The van der Waals surface area contributed by atoms with Crippen LogP contribution in [0, 0.1) is 11.8 Å². The zero-order chi connectivity index (χ0) is 10.8. The highest BCUT2D eigenvalue weighted by atomic mass is 32.2. The van der Waals surface area contributed by atoms with E-state index in [1.807, 2.05) is 11.8 Å². The lowest BCUT2D eigenvalue weighted by Crippen LogP contribution is -2.36. The molecule has 3 heteroatoms. The van der Waals surface area contributed by atoms with E-state index >= 15 is 0 Å². The van der Waals surface area contributed by atoms with E-state index in [4.69, 9.17) is 0 Å². The van der Waals surface area contributed by atoms with Crippen molar-refractivity contribution in [1.82, 2.24) is 5.32 Å². The molecule has 0 aromatic carbocycles. The van der Waals surface area contributed by atoms with E-state index in [1.165, 1.54) is 24.4 Å². The fraction of sp³-hybridized carbons (Fsp3) is 0.917. The molecule has 0 amide bonds. The summed E-state index contributed by atoms with van der Waals surface area (Å²) in [5, 5.41) is 5.58. The quantitative estimate of drug-likeness (QED) is 0.797. The van der Waals surface area contributed by atoms with Crippen LogP contribution in [0.4, 0.5) is 0 Å². The highest BCUT2D eigenvalue weighted by Gasteiger charge is 2.35. The molecule has 1 fully saturated rings. The topological polar surface area (TPSA) is 24.4 Å². The van der Waals surface area contributed by atoms with Crippen LogP contribution in [0.3, 0.4) is 0 Å². The molecule has 1 N–H and O–H groups in total. The van der Waals surface area contributed by atoms with Gasteiger partial charge in [0, 0.05) is 11.3 Å². The van der Waals surface area contributed by atoms with Crippen LogP contribution in [0.5, 0.6) is 0 Å². The molecular formula is C12H22N2S. The van der Waals surface area contributed by atoms with Crippen molar-refractivity contribution in [3.05, 3.63) is 0 Å². The molecule has 2 aliphatic rings. The Kier molecular flexibility index (Phi) is 3.60. The van der Waals surface area contributed by atoms with E-state index in [0.29, 0.717) is 12.0 Å². The Bertz CT molecular complexity index is 246. The Balaban J connectivity index is 1.79. The van der Waals surface area contributed by atoms with Crippen LogP contribution < -0.4 is 5.32 Å². The van der Waals surface area contributed by atoms with E-state index in [-0.39, 0.29) is 0 Å². The molecule has 2 rings (SSSR count). The molecule has 2 unspecified atom stereocenters. The summed E-state index contributed by atoms with van der Waals surface area (Å²) < 4.78 is 0. The number of nitrogens with zero attached hydrogens (tertiary/aromatic N) is 1. The van der Waals surface area contributed by atoms with Gasteiger partial charge in [-0.1, -0.05) is 32.5 Å². The average Bonchev–Trinajstić information content (AvgIpc) is 2.95. The second kappa shape index (κ2) is 4.77. The van der Waals surface area contributed by atoms with Crippen LogP contribution in [0.15, 0.2) is 4.99 Å². The molecule has 0 bridgehead atoms. The molecule has 0 radical (unpaired) electrons. The summed E-state index contributed by atoms with van der Waals surface area (Å²) >= 11 is 1.98. The van der Waals surface area contributed by atoms with E-state index in [0.717, 1.165) is 17.7 Å². The maximum atomic E-state index is 4.62. The van der Waals surface area contributed by atoms with Gasteiger partial charge in [-0.3, -0.25) is 4.99 Å². The van der Waals surface area contributed by atoms with Crippen LogP contribution in [-0.2, 0) is 0 Å². The Labute approximate surface area is 97.3 Å². The van der Waals surface area contributed by atoms with Crippen molar-refractivity contribution in [3.8, 4) is 0 Å². The van der Waals surface area contributed by atoms with Crippen molar-refractivity contribution in [2.75, 3.05) is 6.54 Å². The van der Waals surface area contributed by atoms with Crippen LogP contribution in [-0.4, -0.2) is 23.0 Å². The summed E-state index contributed by atoms with van der Waals surface area (Å²) in [7, 11) is 0. The summed E-state index contributed by atoms with van der Waals surface area (Å²) in [6, 6.07) is 0.592. The summed E-state index contributed by atoms with van der Waals surface area (Å²) in [5.74, 6) is 1.66. The first kappa shape index (κ1) is 11.3. The minimum absolute atomic E-state index is 0.592. The Hall–Kier alpha value is -0.180. The van der Waals surface area contributed by atoms with Gasteiger partial charge < -0.3 is 5.32 Å². The van der Waals surface area contributed by atoms with Crippen LogP contribution in [0.2, 0.25) is 0 Å². The fourth-order valence-electron chi connectivity index (χ4n) is 2.08. The molecule has 0 spiro atoms. The van der Waals surface area contributed by atoms with E-state index < -0.39 is 0 Å². The molecule has 0 aromatic heterocycles. The minimum Gasteiger partial charge on any atom is -0.362 e. The minimum atomic E-state index is 0.592. The predicted molar refractivity (Wildman–Crippen MR) is 68.5 cm³/mol. The molecule has 1 aliphatic heterocycles. The smallest absolute Gasteiger partial charge is 0.157 e. The number of nitrogens with one attached hydrogen (secondary N) is 1. The van der Waals surface area contributed by atoms with Gasteiger partial charge in [0.1, 0.15) is 0 Å². The first-order valence-corrected chi connectivity index (χ1v) is 7.06. The van der Waals surface area contributed by atoms with Gasteiger partial charge in [-0.2, -0.15) is 0 Å². The van der Waals surface area contributed by atoms with Gasteiger partial charge in [0.25, 0.3) is 0 Å². The summed E-state index contributed by atoms with van der Waals surface area (Å²) in [4.78, 5) is 4.62. The monoisotopic (exact) mass is 226 g/mol. The molecule has 1 saturated carbocycles. The van der Waals surface area contributed by atoms with Gasteiger partial charge in [-0.15, -0.1) is 0 Å². The third-order valence-electron chi connectivity index (χ3n) is 3.38.